The molecule has 0 saturated carbocycles. The molecule has 0 aliphatic heterocycles. The minimum absolute atomic E-state index is 0.106. The standard InChI is InChI=1S/C26H37N7O/c1-5-8-9-10-24(32-25(34)22(28)7-3)21-12-11-19(15-18(21)6-2)23-13-14-30-26(33-23)31-20(16-27)17-29-4/h7,11-17,24,27,29H,5-6,8-10,28H2,1-4H3,(H,32,34)(H,30,31,33)/b20-17+,22-7-,27-16?/t24-/m1/s1. The molecule has 0 fully saturated rings. The van der Waals surface area contributed by atoms with Gasteiger partial charge in [-0.3, -0.25) is 4.79 Å². The maximum absolute atomic E-state index is 12.5. The number of carbonyl (C=O) groups excluding carboxylic acids is 1. The van der Waals surface area contributed by atoms with Crippen LogP contribution in [0.15, 0.2) is 54.1 Å². The van der Waals surface area contributed by atoms with Crippen LogP contribution in [0, 0.1) is 5.41 Å². The van der Waals surface area contributed by atoms with Crippen LogP contribution in [0.2, 0.25) is 0 Å². The molecule has 0 unspecified atom stereocenters. The van der Waals surface area contributed by atoms with Gasteiger partial charge in [-0.05, 0) is 43.0 Å². The number of aromatic nitrogens is 2. The fourth-order valence-electron chi connectivity index (χ4n) is 3.67. The highest BCUT2D eigenvalue weighted by atomic mass is 16.2. The number of nitrogens with two attached hydrogens (primary N) is 1. The van der Waals surface area contributed by atoms with Gasteiger partial charge >= 0.3 is 0 Å². The fraction of sp³-hybridized carbons (Fsp3) is 0.385. The maximum Gasteiger partial charge on any atom is 0.267 e. The average Bonchev–Trinajstić information content (AvgIpc) is 2.87. The third-order valence-corrected chi connectivity index (χ3v) is 5.54. The van der Waals surface area contributed by atoms with Crippen molar-refractivity contribution in [1.82, 2.24) is 20.6 Å². The van der Waals surface area contributed by atoms with E-state index in [1.54, 1.807) is 32.4 Å². The molecule has 0 bridgehead atoms. The number of rotatable bonds is 13. The second-order valence-electron chi connectivity index (χ2n) is 7.96. The molecule has 0 aliphatic carbocycles. The van der Waals surface area contributed by atoms with Crippen molar-refractivity contribution in [1.29, 1.82) is 5.41 Å². The highest BCUT2D eigenvalue weighted by Gasteiger charge is 2.19. The Balaban J connectivity index is 2.37. The zero-order chi connectivity index (χ0) is 24.9. The Labute approximate surface area is 202 Å². The second-order valence-corrected chi connectivity index (χ2v) is 7.96. The van der Waals surface area contributed by atoms with E-state index in [1.807, 2.05) is 12.1 Å². The smallest absolute Gasteiger partial charge is 0.267 e. The Kier molecular flexibility index (Phi) is 10.8. The van der Waals surface area contributed by atoms with E-state index in [1.165, 1.54) is 6.21 Å². The molecule has 34 heavy (non-hydrogen) atoms. The Hall–Kier alpha value is -3.68. The van der Waals surface area contributed by atoms with Crippen molar-refractivity contribution in [2.75, 3.05) is 12.4 Å². The number of nitrogens with zero attached hydrogens (tertiary/aromatic N) is 2. The average molecular weight is 464 g/mol. The van der Waals surface area contributed by atoms with E-state index in [2.05, 4.69) is 51.9 Å². The van der Waals surface area contributed by atoms with Gasteiger partial charge in [0.25, 0.3) is 5.91 Å². The topological polar surface area (TPSA) is 129 Å². The summed E-state index contributed by atoms with van der Waals surface area (Å²) in [5, 5.41) is 16.5. The number of amides is 1. The van der Waals surface area contributed by atoms with E-state index in [-0.39, 0.29) is 17.6 Å². The van der Waals surface area contributed by atoms with Crippen molar-refractivity contribution < 1.29 is 4.79 Å². The van der Waals surface area contributed by atoms with Gasteiger partial charge in [0.15, 0.2) is 0 Å². The molecular weight excluding hydrogens is 426 g/mol. The van der Waals surface area contributed by atoms with E-state index in [9.17, 15) is 4.79 Å². The molecule has 6 N–H and O–H groups in total. The lowest BCUT2D eigenvalue weighted by Crippen LogP contribution is -2.32. The van der Waals surface area contributed by atoms with Gasteiger partial charge in [-0.1, -0.05) is 51.3 Å². The number of allylic oxidation sites excluding steroid dienone is 2. The summed E-state index contributed by atoms with van der Waals surface area (Å²) in [7, 11) is 1.76. The summed E-state index contributed by atoms with van der Waals surface area (Å²) in [4.78, 5) is 21.4. The quantitative estimate of drug-likeness (QED) is 0.170. The van der Waals surface area contributed by atoms with Gasteiger partial charge < -0.3 is 27.1 Å². The highest BCUT2D eigenvalue weighted by Crippen LogP contribution is 2.29. The van der Waals surface area contributed by atoms with Crippen molar-refractivity contribution in [3.05, 3.63) is 65.3 Å². The predicted molar refractivity (Wildman–Crippen MR) is 139 cm³/mol. The number of hydrogen-bond acceptors (Lipinski definition) is 7. The molecule has 0 saturated heterocycles. The lowest BCUT2D eigenvalue weighted by molar-refractivity contribution is -0.118. The van der Waals surface area contributed by atoms with Crippen LogP contribution in [0.4, 0.5) is 5.95 Å². The SMILES string of the molecule is C/C=C(\N)C(=O)N[C@H](CCCCC)c1ccc(-c2ccnc(N/C(C=N)=C/NC)n2)cc1CC. The van der Waals surface area contributed by atoms with Crippen LogP contribution in [0.3, 0.4) is 0 Å². The van der Waals surface area contributed by atoms with Crippen LogP contribution < -0.4 is 21.7 Å². The van der Waals surface area contributed by atoms with Crippen molar-refractivity contribution in [3.8, 4) is 11.3 Å². The number of aryl methyl sites for hydroxylation is 1. The summed E-state index contributed by atoms with van der Waals surface area (Å²) < 4.78 is 0. The van der Waals surface area contributed by atoms with Crippen LogP contribution in [0.1, 0.15) is 63.6 Å². The summed E-state index contributed by atoms with van der Waals surface area (Å²) in [5.41, 5.74) is 10.6. The minimum Gasteiger partial charge on any atom is -0.395 e. The molecule has 1 heterocycles. The molecule has 1 atom stereocenters. The summed E-state index contributed by atoms with van der Waals surface area (Å²) in [6.07, 6.45) is 11.1. The Morgan fingerprint density at radius 1 is 1.24 bits per heavy atom. The molecular formula is C26H37N7O. The van der Waals surface area contributed by atoms with E-state index in [4.69, 9.17) is 11.1 Å². The van der Waals surface area contributed by atoms with Gasteiger partial charge in [0, 0.05) is 31.2 Å². The molecule has 182 valence electrons. The first-order chi connectivity index (χ1) is 16.5. The molecule has 0 spiro atoms. The maximum atomic E-state index is 12.5. The molecule has 1 amide bonds. The number of anilines is 1. The summed E-state index contributed by atoms with van der Waals surface area (Å²) >= 11 is 0. The predicted octanol–water partition coefficient (Wildman–Crippen LogP) is 4.43. The van der Waals surface area contributed by atoms with Crippen molar-refractivity contribution >= 4 is 18.1 Å². The highest BCUT2D eigenvalue weighted by molar-refractivity contribution is 5.92. The van der Waals surface area contributed by atoms with Gasteiger partial charge in [0.05, 0.1) is 23.1 Å². The fourth-order valence-corrected chi connectivity index (χ4v) is 3.67. The van der Waals surface area contributed by atoms with Gasteiger partial charge in [-0.2, -0.15) is 0 Å². The molecule has 1 aromatic heterocycles. The van der Waals surface area contributed by atoms with E-state index in [0.29, 0.717) is 11.6 Å². The molecule has 0 aliphatic rings. The third kappa shape index (κ3) is 7.43. The van der Waals surface area contributed by atoms with Crippen LogP contribution in [0.25, 0.3) is 11.3 Å². The second kappa shape index (κ2) is 13.8. The summed E-state index contributed by atoms with van der Waals surface area (Å²) in [5.74, 6) is 0.175. The van der Waals surface area contributed by atoms with Gasteiger partial charge in [0.1, 0.15) is 0 Å². The number of hydrogen-bond donors (Lipinski definition) is 5. The molecule has 2 rings (SSSR count). The van der Waals surface area contributed by atoms with E-state index >= 15 is 0 Å². The molecule has 1 aromatic carbocycles. The summed E-state index contributed by atoms with van der Waals surface area (Å²) in [6, 6.07) is 7.99. The largest absolute Gasteiger partial charge is 0.395 e. The monoisotopic (exact) mass is 463 g/mol. The zero-order valence-corrected chi connectivity index (χ0v) is 20.6. The third-order valence-electron chi connectivity index (χ3n) is 5.54. The first-order valence-corrected chi connectivity index (χ1v) is 11.8. The number of carbonyl (C=O) groups is 1. The van der Waals surface area contributed by atoms with Crippen molar-refractivity contribution in [2.45, 2.75) is 58.9 Å². The van der Waals surface area contributed by atoms with Crippen LogP contribution in [-0.2, 0) is 11.2 Å². The summed E-state index contributed by atoms with van der Waals surface area (Å²) in [6.45, 7) is 6.04. The normalized spacial score (nSPS) is 12.7. The van der Waals surface area contributed by atoms with Crippen LogP contribution in [0.5, 0.6) is 0 Å². The Morgan fingerprint density at radius 3 is 2.68 bits per heavy atom. The van der Waals surface area contributed by atoms with E-state index in [0.717, 1.165) is 54.5 Å². The minimum atomic E-state index is -0.238. The Bertz CT molecular complexity index is 1030. The van der Waals surface area contributed by atoms with Crippen molar-refractivity contribution in [3.63, 3.8) is 0 Å². The molecule has 2 aromatic rings. The molecule has 8 heteroatoms. The number of unbranched alkanes of at least 4 members (excludes halogenated alkanes) is 2. The first-order valence-electron chi connectivity index (χ1n) is 11.8. The van der Waals surface area contributed by atoms with E-state index < -0.39 is 0 Å². The van der Waals surface area contributed by atoms with Crippen LogP contribution in [-0.4, -0.2) is 29.1 Å². The lowest BCUT2D eigenvalue weighted by Gasteiger charge is -2.23. The van der Waals surface area contributed by atoms with Gasteiger partial charge in [-0.15, -0.1) is 0 Å². The molecule has 0 radical (unpaired) electrons. The zero-order valence-electron chi connectivity index (χ0n) is 20.6. The van der Waals surface area contributed by atoms with Gasteiger partial charge in [-0.25, -0.2) is 9.97 Å². The lowest BCUT2D eigenvalue weighted by atomic mass is 9.92. The number of benzene rings is 1. The first kappa shape index (κ1) is 26.6. The Morgan fingerprint density at radius 2 is 2.03 bits per heavy atom. The van der Waals surface area contributed by atoms with Crippen LogP contribution >= 0.6 is 0 Å². The number of nitrogens with one attached hydrogen (secondary N) is 4. The van der Waals surface area contributed by atoms with Crippen molar-refractivity contribution in [2.24, 2.45) is 5.73 Å². The van der Waals surface area contributed by atoms with Gasteiger partial charge in [0.2, 0.25) is 5.95 Å². The molecule has 8 nitrogen and oxygen atoms in total.